The molecule has 0 rings (SSSR count). The number of carbonyl (C=O) groups is 2. The molecule has 0 saturated carbocycles. The van der Waals surface area contributed by atoms with Crippen molar-refractivity contribution in [3.8, 4) is 0 Å². The Kier molecular flexibility index (Phi) is 54.5. The Morgan fingerprint density at radius 1 is 0.255 bits per heavy atom. The van der Waals surface area contributed by atoms with Gasteiger partial charge in [0.25, 0.3) is 21.5 Å². The predicted octanol–water partition coefficient (Wildman–Crippen LogP) is 1.47. The Morgan fingerprint density at radius 2 is 0.500 bits per heavy atom. The lowest BCUT2D eigenvalue weighted by molar-refractivity contribution is 0.202. The van der Waals surface area contributed by atoms with E-state index in [-0.39, 0.29) is 11.0 Å². The van der Waals surface area contributed by atoms with Crippen molar-refractivity contribution in [3.63, 3.8) is 0 Å². The highest BCUT2D eigenvalue weighted by molar-refractivity contribution is 8.85. The molecule has 0 aromatic heterocycles. The molecule has 73 nitrogen and oxygen atoms in total. The van der Waals surface area contributed by atoms with Gasteiger partial charge < -0.3 is 161 Å². The van der Waals surface area contributed by atoms with Crippen molar-refractivity contribution in [2.75, 3.05) is 53.3 Å². The van der Waals surface area contributed by atoms with E-state index in [1.165, 1.54) is 4.86 Å². The molecule has 0 bridgehead atoms. The van der Waals surface area contributed by atoms with Crippen molar-refractivity contribution in [2.24, 2.45) is 0 Å². The normalized spacial score (nSPS) is 21.9. The van der Waals surface area contributed by atoms with Gasteiger partial charge in [0.05, 0.1) is 22.0 Å². The van der Waals surface area contributed by atoms with Gasteiger partial charge in [0.15, 0.2) is 0 Å². The van der Waals surface area contributed by atoms with E-state index in [1.54, 1.807) is 0 Å². The third-order valence-corrected chi connectivity index (χ3v) is 48.5. The molecular formula is C10H59N2O71P25S2. The summed E-state index contributed by atoms with van der Waals surface area (Å²) in [7, 11) is -106. The van der Waals surface area contributed by atoms with Crippen LogP contribution < -0.4 is 9.72 Å². The quantitative estimate of drug-likeness (QED) is 0.0406. The summed E-state index contributed by atoms with van der Waals surface area (Å²) < 4.78 is 299. The molecule has 0 aromatic carbocycles. The fraction of sp³-hybridized carbons (Fsp3) is 0.800. The van der Waals surface area contributed by atoms with Gasteiger partial charge in [-0.25, -0.2) is 89.8 Å². The van der Waals surface area contributed by atoms with Gasteiger partial charge in [-0.15, -0.1) is 9.72 Å². The summed E-state index contributed by atoms with van der Waals surface area (Å²) in [5, 5.41) is -4.55. The maximum atomic E-state index is 11.0. The Balaban J connectivity index is -0.000000182. The first-order valence-corrected chi connectivity index (χ1v) is 68.6. The van der Waals surface area contributed by atoms with Gasteiger partial charge >= 0.3 is 178 Å². The first kappa shape index (κ1) is 130. The summed E-state index contributed by atoms with van der Waals surface area (Å²) in [4.78, 5) is 299. The average Bonchev–Trinajstić information content (AvgIpc) is 0.803. The van der Waals surface area contributed by atoms with E-state index in [0.29, 0.717) is 40.0 Å². The maximum Gasteiger partial charge on any atom is 0.490 e. The zero-order valence-electron chi connectivity index (χ0n) is 52.3. The van der Waals surface area contributed by atoms with Gasteiger partial charge in [-0.1, -0.05) is 0 Å². The molecule has 672 valence electrons. The summed E-state index contributed by atoms with van der Waals surface area (Å²) in [6, 6.07) is 0. The minimum Gasteiger partial charge on any atom is -0.339 e. The van der Waals surface area contributed by atoms with Crippen LogP contribution in [0.15, 0.2) is 0 Å². The summed E-state index contributed by atoms with van der Waals surface area (Å²) in [6.07, 6.45) is 0. The first-order chi connectivity index (χ1) is 45.9. The number of hydrogen-bond donors (Lipinski definition) is 35. The topological polar surface area (TPSA) is 1250 Å². The molecule has 17 unspecified atom stereocenters. The second-order valence-electron chi connectivity index (χ2n) is 16.9. The zero-order valence-corrected chi connectivity index (χ0v) is 76.3. The molecule has 0 aromatic rings. The summed E-state index contributed by atoms with van der Waals surface area (Å²) >= 11 is -1.10. The standard InChI is InChI=1S/C2H8O12P4.C2H6O6P2.CH9NO11P4.CH7NO5P2.CH8O12P4.CH8O11P4S.CH7O9P3.CH6O5P2S/c1-15(4,5)13-16(6,7)2(3)17(8,9)14-18(10,11)12;1-9(4,5)2(3)10(6,7)8;1-14(3,4)12-15(5,6)2-16(7,8)13-17(9,10)11;1-8(3,4)2-9(5,6)7;1-14(2,3)11-16(7,8)13-17(9,10)12-15(4,5)6;1-13(2,3)11-15(7,8)17-16(9,10)12-14(4,5)6;1-11(2,3)9-13(7,8)10-12(4,5)6;1-7(2,3)9-8(4,5)6/h1H3,(H,4,5)(H,6,7)(H,8,9)(H2,10,11,12);1H3,(H,4,5)(H2,6,7,8);1H3,(H,3,4)(H2,9,10,11)(H3,2,5,6,7,8);1H3,(H4,2,3,4,5,6,7);2*1H3,(H,2,3)(H,7,8)(H,9,10)(H2,4,5,6);1H3,(H,2,3)(H,7,8)(H2,4,5,6);1H3,(H,2,3)(H2,4,5,6). The van der Waals surface area contributed by atoms with E-state index in [1.807, 2.05) is 0 Å². The molecule has 0 spiro atoms. The van der Waals surface area contributed by atoms with Crippen LogP contribution in [-0.2, 0) is 162 Å². The number of hydrogen-bond acceptors (Lipinski definition) is 40. The third-order valence-electron chi connectivity index (χ3n) is 4.68. The van der Waals surface area contributed by atoms with Crippen LogP contribution in [0.4, 0.5) is 9.59 Å². The minimum absolute atomic E-state index is 0.208. The molecule has 0 fully saturated rings. The molecule has 0 saturated heterocycles. The molecule has 0 heterocycles. The minimum atomic E-state index is -5.89. The number of phosphoric acid groups is 8. The fourth-order valence-corrected chi connectivity index (χ4v) is 40.1. The van der Waals surface area contributed by atoms with Gasteiger partial charge in [0.2, 0.25) is 0 Å². The number of carbonyl (C=O) groups excluding carboxylic acids is 2. The molecule has 35 N–H and O–H groups in total. The first-order valence-electron chi connectivity index (χ1n) is 21.7. The van der Waals surface area contributed by atoms with Crippen molar-refractivity contribution < 1.29 is 333 Å². The number of nitrogens with one attached hydrogen (secondary N) is 2. The van der Waals surface area contributed by atoms with Crippen molar-refractivity contribution in [2.45, 2.75) is 0 Å². The third kappa shape index (κ3) is 99.1. The van der Waals surface area contributed by atoms with Gasteiger partial charge in [-0.3, -0.25) is 59.8 Å². The molecule has 100 heteroatoms. The molecular weight excluding hydrogens is 2120 g/mol. The van der Waals surface area contributed by atoms with Crippen LogP contribution >= 0.6 is 210 Å². The molecule has 0 amide bonds. The van der Waals surface area contributed by atoms with E-state index in [0.717, 1.165) is 18.2 Å². The highest BCUT2D eigenvalue weighted by Gasteiger charge is 2.52. The van der Waals surface area contributed by atoms with Crippen molar-refractivity contribution in [1.82, 2.24) is 9.72 Å². The molecule has 0 aliphatic carbocycles. The fourth-order valence-electron chi connectivity index (χ4n) is 3.12. The van der Waals surface area contributed by atoms with Gasteiger partial charge in [0.1, 0.15) is 0 Å². The van der Waals surface area contributed by atoms with E-state index in [2.05, 4.69) is 47.4 Å². The Labute approximate surface area is 613 Å². The lowest BCUT2D eigenvalue weighted by Crippen LogP contribution is -2.09. The Morgan fingerprint density at radius 3 is 0.691 bits per heavy atom. The van der Waals surface area contributed by atoms with Crippen LogP contribution in [0.3, 0.4) is 0 Å². The van der Waals surface area contributed by atoms with Crippen LogP contribution in [0.5, 0.6) is 0 Å². The zero-order chi connectivity index (χ0) is 92.3. The SMILES string of the molecule is CP(=O)(O)C(=O)P(=O)(O)O.CP(=O)(O)NP(=O)(O)O.CP(=O)(O)OP(=O)(O)C(=O)P(=O)(O)OP(=O)(O)O.CP(=O)(O)OP(=O)(O)NP(=O)(O)OP(=O)(O)O.CP(=O)(O)OP(=O)(O)OP(=O)(O)O.CP(=O)(O)OP(=O)(O)OP(=O)(O)OP(=O)(O)O.CP(=O)(O)OP(=O)(O)SP(=O)(O)OP(=O)(O)O.CP(=O)(O)SP(=O)(O)O. The summed E-state index contributed by atoms with van der Waals surface area (Å²) in [5.74, 6) is 0. The largest absolute Gasteiger partial charge is 0.490 e. The summed E-state index contributed by atoms with van der Waals surface area (Å²) in [5.41, 5.74) is 0. The summed E-state index contributed by atoms with van der Waals surface area (Å²) in [6.45, 7) is -13.7. The molecule has 110 heavy (non-hydrogen) atoms. The van der Waals surface area contributed by atoms with Gasteiger partial charge in [0, 0.05) is 53.3 Å². The highest BCUT2D eigenvalue weighted by atomic mass is 33.1. The highest BCUT2D eigenvalue weighted by Crippen LogP contribution is 2.81. The van der Waals surface area contributed by atoms with E-state index < -0.39 is 210 Å². The van der Waals surface area contributed by atoms with Crippen LogP contribution in [0.2, 0.25) is 0 Å². The van der Waals surface area contributed by atoms with E-state index in [4.69, 9.17) is 161 Å². The Bertz CT molecular complexity index is 3890. The van der Waals surface area contributed by atoms with Gasteiger partial charge in [-0.05, 0) is 0 Å². The lowest BCUT2D eigenvalue weighted by Gasteiger charge is -2.18. The number of rotatable bonds is 34. The van der Waals surface area contributed by atoms with Crippen molar-refractivity contribution in [1.29, 1.82) is 0 Å². The maximum absolute atomic E-state index is 11.0. The van der Waals surface area contributed by atoms with Crippen LogP contribution in [0.25, 0.3) is 0 Å². The predicted molar refractivity (Wildman–Crippen MR) is 355 cm³/mol. The van der Waals surface area contributed by atoms with Gasteiger partial charge in [-0.2, -0.15) is 21.6 Å². The van der Waals surface area contributed by atoms with E-state index in [9.17, 15) is 124 Å². The second kappa shape index (κ2) is 46.2. The van der Waals surface area contributed by atoms with Crippen molar-refractivity contribution in [3.05, 3.63) is 0 Å². The van der Waals surface area contributed by atoms with E-state index >= 15 is 0 Å². The van der Waals surface area contributed by atoms with Crippen molar-refractivity contribution >= 4 is 221 Å². The van der Waals surface area contributed by atoms with Crippen LogP contribution in [0.1, 0.15) is 0 Å². The molecule has 0 aliphatic heterocycles. The lowest BCUT2D eigenvalue weighted by atomic mass is 11.8. The molecule has 17 atom stereocenters. The average molecular weight is 2180 g/mol. The Hall–Kier alpha value is 3.95. The van der Waals surface area contributed by atoms with Crippen LogP contribution in [0, 0.1) is 0 Å². The molecule has 0 aliphatic rings. The van der Waals surface area contributed by atoms with Crippen LogP contribution in [-0.4, -0.2) is 225 Å². The molecule has 0 radical (unpaired) electrons. The monoisotopic (exact) mass is 2180 g/mol. The second-order valence-corrected chi connectivity index (χ2v) is 68.5. The smallest absolute Gasteiger partial charge is 0.339 e.